The number of benzene rings is 2. The predicted molar refractivity (Wildman–Crippen MR) is 74.9 cm³/mol. The van der Waals surface area contributed by atoms with E-state index in [2.05, 4.69) is 15.5 Å². The van der Waals surface area contributed by atoms with Crippen LogP contribution in [0.15, 0.2) is 36.4 Å². The molecule has 0 saturated carbocycles. The number of aliphatic carboxylic acids is 1. The van der Waals surface area contributed by atoms with Gasteiger partial charge in [0, 0.05) is 12.6 Å². The second-order valence-electron chi connectivity index (χ2n) is 4.53. The van der Waals surface area contributed by atoms with Crippen molar-refractivity contribution in [2.24, 2.45) is 7.05 Å². The molecule has 0 aliphatic rings. The Morgan fingerprint density at radius 2 is 2.00 bits per heavy atom. The Hall–Kier alpha value is -2.96. The lowest BCUT2D eigenvalue weighted by Gasteiger charge is -2.06. The Kier molecular flexibility index (Phi) is 3.23. The molecule has 1 aromatic heterocycles. The number of ether oxygens (including phenoxy) is 1. The molecule has 0 spiro atoms. The molecule has 1 N–H and O–H groups in total. The van der Waals surface area contributed by atoms with Crippen LogP contribution in [-0.2, 0) is 11.8 Å². The van der Waals surface area contributed by atoms with Crippen LogP contribution in [0.5, 0.6) is 5.75 Å². The van der Waals surface area contributed by atoms with E-state index in [-0.39, 0.29) is 6.61 Å². The van der Waals surface area contributed by atoms with Crippen LogP contribution >= 0.6 is 0 Å². The molecule has 21 heavy (non-hydrogen) atoms. The van der Waals surface area contributed by atoms with Crippen molar-refractivity contribution in [1.29, 1.82) is 0 Å². The van der Waals surface area contributed by atoms with Crippen LogP contribution in [0.4, 0.5) is 0 Å². The van der Waals surface area contributed by atoms with Gasteiger partial charge in [0.2, 0.25) is 0 Å². The second-order valence-corrected chi connectivity index (χ2v) is 4.53. The summed E-state index contributed by atoms with van der Waals surface area (Å²) < 4.78 is 6.76. The van der Waals surface area contributed by atoms with E-state index in [4.69, 9.17) is 9.84 Å². The Morgan fingerprint density at radius 3 is 2.71 bits per heavy atom. The topological polar surface area (TPSA) is 90.1 Å². The van der Waals surface area contributed by atoms with Crippen molar-refractivity contribution >= 4 is 16.7 Å². The van der Waals surface area contributed by atoms with Gasteiger partial charge in [0.25, 0.3) is 0 Å². The van der Waals surface area contributed by atoms with E-state index in [1.165, 1.54) is 0 Å². The highest BCUT2D eigenvalue weighted by molar-refractivity contribution is 5.87. The first kappa shape index (κ1) is 13.0. The van der Waals surface area contributed by atoms with Gasteiger partial charge in [-0.05, 0) is 39.4 Å². The lowest BCUT2D eigenvalue weighted by molar-refractivity contribution is -0.139. The summed E-state index contributed by atoms with van der Waals surface area (Å²) in [5.41, 5.74) is 0.911. The van der Waals surface area contributed by atoms with Gasteiger partial charge in [-0.2, -0.15) is 0 Å². The molecule has 1 heterocycles. The van der Waals surface area contributed by atoms with Gasteiger partial charge in [-0.25, -0.2) is 9.48 Å². The second kappa shape index (κ2) is 5.20. The van der Waals surface area contributed by atoms with E-state index in [0.717, 1.165) is 16.3 Å². The lowest BCUT2D eigenvalue weighted by atomic mass is 10.1. The van der Waals surface area contributed by atoms with Crippen molar-refractivity contribution in [2.45, 2.75) is 0 Å². The summed E-state index contributed by atoms with van der Waals surface area (Å²) in [4.78, 5) is 10.5. The molecule has 0 amide bonds. The average molecular weight is 284 g/mol. The SMILES string of the molecule is Cn1nnnc1-c1ccc2cc(OCC(=O)O)ccc2c1. The molecular formula is C14H12N4O3. The molecule has 0 aliphatic heterocycles. The fourth-order valence-corrected chi connectivity index (χ4v) is 2.07. The number of hydrogen-bond donors (Lipinski definition) is 1. The van der Waals surface area contributed by atoms with Crippen molar-refractivity contribution in [2.75, 3.05) is 6.61 Å². The van der Waals surface area contributed by atoms with Crippen molar-refractivity contribution in [3.63, 3.8) is 0 Å². The third-order valence-electron chi connectivity index (χ3n) is 3.05. The van der Waals surface area contributed by atoms with Crippen LogP contribution in [0.2, 0.25) is 0 Å². The zero-order valence-electron chi connectivity index (χ0n) is 11.2. The van der Waals surface area contributed by atoms with Crippen LogP contribution in [0.1, 0.15) is 0 Å². The van der Waals surface area contributed by atoms with E-state index >= 15 is 0 Å². The molecule has 0 bridgehead atoms. The fourth-order valence-electron chi connectivity index (χ4n) is 2.07. The highest BCUT2D eigenvalue weighted by atomic mass is 16.5. The normalized spacial score (nSPS) is 10.7. The van der Waals surface area contributed by atoms with Gasteiger partial charge in [0.1, 0.15) is 5.75 Å². The standard InChI is InChI=1S/C14H12N4O3/c1-18-14(15-16-17-18)11-3-2-10-7-12(21-8-13(19)20)5-4-9(10)6-11/h2-7H,8H2,1H3,(H,19,20). The quantitative estimate of drug-likeness (QED) is 0.780. The Balaban J connectivity index is 1.95. The van der Waals surface area contributed by atoms with Crippen LogP contribution in [-0.4, -0.2) is 37.9 Å². The number of carbonyl (C=O) groups is 1. The van der Waals surface area contributed by atoms with E-state index in [1.54, 1.807) is 23.9 Å². The van der Waals surface area contributed by atoms with Crippen LogP contribution in [0, 0.1) is 0 Å². The molecular weight excluding hydrogens is 272 g/mol. The fraction of sp³-hybridized carbons (Fsp3) is 0.143. The molecule has 7 heteroatoms. The third-order valence-corrected chi connectivity index (χ3v) is 3.05. The minimum atomic E-state index is -1.000. The summed E-state index contributed by atoms with van der Waals surface area (Å²) in [5, 5.41) is 22.0. The minimum absolute atomic E-state index is 0.353. The average Bonchev–Trinajstić information content (AvgIpc) is 2.90. The zero-order chi connectivity index (χ0) is 14.8. The number of aromatic nitrogens is 4. The molecule has 0 unspecified atom stereocenters. The summed E-state index contributed by atoms with van der Waals surface area (Å²) in [6, 6.07) is 11.2. The molecule has 0 aliphatic carbocycles. The van der Waals surface area contributed by atoms with Crippen molar-refractivity contribution in [3.05, 3.63) is 36.4 Å². The summed E-state index contributed by atoms with van der Waals surface area (Å²) in [5.74, 6) is 0.210. The van der Waals surface area contributed by atoms with Gasteiger partial charge in [0.05, 0.1) is 0 Å². The number of aryl methyl sites for hydroxylation is 1. The highest BCUT2D eigenvalue weighted by Crippen LogP contribution is 2.25. The van der Waals surface area contributed by atoms with Gasteiger partial charge in [-0.15, -0.1) is 5.10 Å². The molecule has 3 rings (SSSR count). The largest absolute Gasteiger partial charge is 0.482 e. The monoisotopic (exact) mass is 284 g/mol. The van der Waals surface area contributed by atoms with E-state index < -0.39 is 5.97 Å². The van der Waals surface area contributed by atoms with Crippen LogP contribution in [0.25, 0.3) is 22.2 Å². The molecule has 2 aromatic carbocycles. The number of nitrogens with zero attached hydrogens (tertiary/aromatic N) is 4. The minimum Gasteiger partial charge on any atom is -0.482 e. The van der Waals surface area contributed by atoms with Gasteiger partial charge < -0.3 is 9.84 Å². The van der Waals surface area contributed by atoms with Crippen LogP contribution < -0.4 is 4.74 Å². The maximum Gasteiger partial charge on any atom is 0.341 e. The van der Waals surface area contributed by atoms with Crippen molar-refractivity contribution < 1.29 is 14.6 Å². The third kappa shape index (κ3) is 2.66. The Bertz CT molecular complexity index is 813. The first-order valence-electron chi connectivity index (χ1n) is 6.24. The summed E-state index contributed by atoms with van der Waals surface area (Å²) in [6.07, 6.45) is 0. The summed E-state index contributed by atoms with van der Waals surface area (Å²) >= 11 is 0. The van der Waals surface area contributed by atoms with Crippen LogP contribution in [0.3, 0.4) is 0 Å². The van der Waals surface area contributed by atoms with E-state index in [1.807, 2.05) is 24.3 Å². The molecule has 0 radical (unpaired) electrons. The van der Waals surface area contributed by atoms with Gasteiger partial charge in [-0.3, -0.25) is 0 Å². The predicted octanol–water partition coefficient (Wildman–Crippen LogP) is 1.49. The Labute approximate surface area is 119 Å². The summed E-state index contributed by atoms with van der Waals surface area (Å²) in [6.45, 7) is -0.353. The maximum absolute atomic E-state index is 10.5. The smallest absolute Gasteiger partial charge is 0.341 e. The number of fused-ring (bicyclic) bond motifs is 1. The molecule has 3 aromatic rings. The number of carboxylic acids is 1. The first-order chi connectivity index (χ1) is 10.1. The number of tetrazole rings is 1. The molecule has 7 nitrogen and oxygen atoms in total. The number of rotatable bonds is 4. The van der Waals surface area contributed by atoms with E-state index in [9.17, 15) is 4.79 Å². The highest BCUT2D eigenvalue weighted by Gasteiger charge is 2.07. The van der Waals surface area contributed by atoms with E-state index in [0.29, 0.717) is 11.6 Å². The van der Waals surface area contributed by atoms with Crippen molar-refractivity contribution in [3.8, 4) is 17.1 Å². The van der Waals surface area contributed by atoms with Gasteiger partial charge in [-0.1, -0.05) is 18.2 Å². The molecule has 0 saturated heterocycles. The molecule has 0 atom stereocenters. The Morgan fingerprint density at radius 1 is 1.24 bits per heavy atom. The lowest BCUT2D eigenvalue weighted by Crippen LogP contribution is -2.09. The van der Waals surface area contributed by atoms with Crippen molar-refractivity contribution in [1.82, 2.24) is 20.2 Å². The van der Waals surface area contributed by atoms with Gasteiger partial charge >= 0.3 is 5.97 Å². The number of hydrogen-bond acceptors (Lipinski definition) is 5. The first-order valence-corrected chi connectivity index (χ1v) is 6.24. The summed E-state index contributed by atoms with van der Waals surface area (Å²) in [7, 11) is 1.78. The zero-order valence-corrected chi connectivity index (χ0v) is 11.2. The maximum atomic E-state index is 10.5. The van der Waals surface area contributed by atoms with Gasteiger partial charge in [0.15, 0.2) is 12.4 Å². The number of carboxylic acid groups (broad SMARTS) is 1. The molecule has 0 fully saturated rings. The molecule has 106 valence electrons.